The van der Waals surface area contributed by atoms with E-state index in [1.807, 2.05) is 18.2 Å². The SMILES string of the molecule is C[C@@H](/C=C/COCc1ccccc1)C[C@H](C)c1ccccc1. The first-order valence-corrected chi connectivity index (χ1v) is 8.09. The third kappa shape index (κ3) is 5.87. The molecule has 1 heteroatoms. The van der Waals surface area contributed by atoms with Gasteiger partial charge in [0.2, 0.25) is 0 Å². The lowest BCUT2D eigenvalue weighted by Crippen LogP contribution is -2.00. The molecule has 22 heavy (non-hydrogen) atoms. The summed E-state index contributed by atoms with van der Waals surface area (Å²) in [5, 5.41) is 0. The van der Waals surface area contributed by atoms with Crippen LogP contribution in [0.4, 0.5) is 0 Å². The van der Waals surface area contributed by atoms with Gasteiger partial charge in [-0.25, -0.2) is 0 Å². The van der Waals surface area contributed by atoms with Crippen molar-refractivity contribution >= 4 is 0 Å². The fraction of sp³-hybridized carbons (Fsp3) is 0.333. The molecule has 0 fully saturated rings. The number of hydrogen-bond acceptors (Lipinski definition) is 1. The molecular formula is C21H26O. The van der Waals surface area contributed by atoms with Crippen LogP contribution in [0.2, 0.25) is 0 Å². The van der Waals surface area contributed by atoms with Gasteiger partial charge in [0.15, 0.2) is 0 Å². The van der Waals surface area contributed by atoms with E-state index < -0.39 is 0 Å². The minimum atomic E-state index is 0.565. The summed E-state index contributed by atoms with van der Waals surface area (Å²) in [6, 6.07) is 21.0. The molecule has 0 bridgehead atoms. The summed E-state index contributed by atoms with van der Waals surface area (Å²) in [4.78, 5) is 0. The van der Waals surface area contributed by atoms with Crippen molar-refractivity contribution in [2.75, 3.05) is 6.61 Å². The van der Waals surface area contributed by atoms with Crippen molar-refractivity contribution in [1.29, 1.82) is 0 Å². The lowest BCUT2D eigenvalue weighted by atomic mass is 9.91. The minimum absolute atomic E-state index is 0.565. The first-order chi connectivity index (χ1) is 10.8. The van der Waals surface area contributed by atoms with Crippen LogP contribution in [0.15, 0.2) is 72.8 Å². The number of benzene rings is 2. The zero-order chi connectivity index (χ0) is 15.6. The molecule has 0 radical (unpaired) electrons. The van der Waals surface area contributed by atoms with Gasteiger partial charge in [0.05, 0.1) is 13.2 Å². The highest BCUT2D eigenvalue weighted by molar-refractivity contribution is 5.19. The van der Waals surface area contributed by atoms with Crippen LogP contribution >= 0.6 is 0 Å². The van der Waals surface area contributed by atoms with Gasteiger partial charge >= 0.3 is 0 Å². The zero-order valence-electron chi connectivity index (χ0n) is 13.6. The smallest absolute Gasteiger partial charge is 0.0721 e. The van der Waals surface area contributed by atoms with Gasteiger partial charge in [0, 0.05) is 0 Å². The summed E-state index contributed by atoms with van der Waals surface area (Å²) in [5.41, 5.74) is 2.64. The van der Waals surface area contributed by atoms with Crippen molar-refractivity contribution in [2.24, 2.45) is 5.92 Å². The summed E-state index contributed by atoms with van der Waals surface area (Å²) in [5.74, 6) is 1.15. The van der Waals surface area contributed by atoms with Crippen LogP contribution in [-0.2, 0) is 11.3 Å². The van der Waals surface area contributed by atoms with Crippen LogP contribution in [0.5, 0.6) is 0 Å². The molecular weight excluding hydrogens is 268 g/mol. The van der Waals surface area contributed by atoms with Crippen LogP contribution in [-0.4, -0.2) is 6.61 Å². The zero-order valence-corrected chi connectivity index (χ0v) is 13.6. The third-order valence-electron chi connectivity index (χ3n) is 3.88. The monoisotopic (exact) mass is 294 g/mol. The first kappa shape index (κ1) is 16.5. The topological polar surface area (TPSA) is 9.23 Å². The van der Waals surface area contributed by atoms with Gasteiger partial charge in [-0.05, 0) is 29.4 Å². The van der Waals surface area contributed by atoms with Gasteiger partial charge in [-0.1, -0.05) is 86.7 Å². The van der Waals surface area contributed by atoms with Crippen LogP contribution in [0, 0.1) is 5.92 Å². The molecule has 2 aromatic carbocycles. The largest absolute Gasteiger partial charge is 0.373 e. The minimum Gasteiger partial charge on any atom is -0.373 e. The molecule has 0 aliphatic rings. The normalized spacial score (nSPS) is 14.1. The van der Waals surface area contributed by atoms with E-state index in [9.17, 15) is 0 Å². The predicted molar refractivity (Wildman–Crippen MR) is 93.9 cm³/mol. The molecule has 0 unspecified atom stereocenters. The fourth-order valence-corrected chi connectivity index (χ4v) is 2.66. The van der Waals surface area contributed by atoms with E-state index in [0.29, 0.717) is 25.0 Å². The molecule has 0 aromatic heterocycles. The molecule has 0 saturated heterocycles. The van der Waals surface area contributed by atoms with E-state index in [4.69, 9.17) is 4.74 Å². The molecule has 0 heterocycles. The number of ether oxygens (including phenoxy) is 1. The van der Waals surface area contributed by atoms with Crippen LogP contribution in [0.1, 0.15) is 37.3 Å². The summed E-state index contributed by atoms with van der Waals surface area (Å²) in [7, 11) is 0. The second kappa shape index (κ2) is 9.22. The van der Waals surface area contributed by atoms with Crippen molar-refractivity contribution in [3.05, 3.63) is 83.9 Å². The first-order valence-electron chi connectivity index (χ1n) is 8.09. The maximum Gasteiger partial charge on any atom is 0.0721 e. The van der Waals surface area contributed by atoms with E-state index in [2.05, 4.69) is 68.5 Å². The highest BCUT2D eigenvalue weighted by Crippen LogP contribution is 2.23. The number of allylic oxidation sites excluding steroid dienone is 1. The van der Waals surface area contributed by atoms with Crippen molar-refractivity contribution in [3.63, 3.8) is 0 Å². The van der Waals surface area contributed by atoms with E-state index in [-0.39, 0.29) is 0 Å². The second-order valence-electron chi connectivity index (χ2n) is 5.95. The van der Waals surface area contributed by atoms with Crippen molar-refractivity contribution in [2.45, 2.75) is 32.8 Å². The molecule has 0 aliphatic carbocycles. The summed E-state index contributed by atoms with van der Waals surface area (Å²) >= 11 is 0. The molecule has 0 saturated carbocycles. The Morgan fingerprint density at radius 1 is 0.909 bits per heavy atom. The van der Waals surface area contributed by atoms with Crippen molar-refractivity contribution in [3.8, 4) is 0 Å². The highest BCUT2D eigenvalue weighted by Gasteiger charge is 2.08. The molecule has 0 amide bonds. The molecule has 1 nitrogen and oxygen atoms in total. The summed E-state index contributed by atoms with van der Waals surface area (Å²) in [6.07, 6.45) is 5.58. The Morgan fingerprint density at radius 2 is 1.55 bits per heavy atom. The lowest BCUT2D eigenvalue weighted by molar-refractivity contribution is 0.148. The average Bonchev–Trinajstić information content (AvgIpc) is 2.56. The Bertz CT molecular complexity index is 545. The molecule has 2 aromatic rings. The third-order valence-corrected chi connectivity index (χ3v) is 3.88. The van der Waals surface area contributed by atoms with Crippen LogP contribution in [0.3, 0.4) is 0 Å². The van der Waals surface area contributed by atoms with E-state index >= 15 is 0 Å². The van der Waals surface area contributed by atoms with Crippen molar-refractivity contribution in [1.82, 2.24) is 0 Å². The van der Waals surface area contributed by atoms with Gasteiger partial charge < -0.3 is 4.74 Å². The Hall–Kier alpha value is -1.86. The Morgan fingerprint density at radius 3 is 2.23 bits per heavy atom. The van der Waals surface area contributed by atoms with Crippen molar-refractivity contribution < 1.29 is 4.74 Å². The summed E-state index contributed by atoms with van der Waals surface area (Å²) < 4.78 is 5.67. The molecule has 0 spiro atoms. The highest BCUT2D eigenvalue weighted by atomic mass is 16.5. The Labute approximate surface area is 134 Å². The van der Waals surface area contributed by atoms with Gasteiger partial charge in [-0.15, -0.1) is 0 Å². The van der Waals surface area contributed by atoms with Crippen LogP contribution < -0.4 is 0 Å². The molecule has 116 valence electrons. The molecule has 0 aliphatic heterocycles. The van der Waals surface area contributed by atoms with Gasteiger partial charge in [0.25, 0.3) is 0 Å². The van der Waals surface area contributed by atoms with Gasteiger partial charge in [-0.2, -0.15) is 0 Å². The van der Waals surface area contributed by atoms with E-state index in [1.165, 1.54) is 17.5 Å². The maximum absolute atomic E-state index is 5.67. The maximum atomic E-state index is 5.67. The molecule has 2 atom stereocenters. The van der Waals surface area contributed by atoms with E-state index in [0.717, 1.165) is 0 Å². The van der Waals surface area contributed by atoms with Gasteiger partial charge in [0.1, 0.15) is 0 Å². The summed E-state index contributed by atoms with van der Waals surface area (Å²) in [6.45, 7) is 5.93. The number of rotatable bonds is 8. The standard InChI is InChI=1S/C21H26O/c1-18(16-19(2)21-13-7-4-8-14-21)10-9-15-22-17-20-11-5-3-6-12-20/h3-14,18-19H,15-17H2,1-2H3/b10-9+/t18-,19-/m0/s1. The quantitative estimate of drug-likeness (QED) is 0.455. The van der Waals surface area contributed by atoms with Gasteiger partial charge in [-0.3, -0.25) is 0 Å². The number of hydrogen-bond donors (Lipinski definition) is 0. The predicted octanol–water partition coefficient (Wildman–Crippen LogP) is 5.59. The average molecular weight is 294 g/mol. The molecule has 0 N–H and O–H groups in total. The van der Waals surface area contributed by atoms with E-state index in [1.54, 1.807) is 0 Å². The second-order valence-corrected chi connectivity index (χ2v) is 5.95. The Kier molecular flexibility index (Phi) is 6.92. The fourth-order valence-electron chi connectivity index (χ4n) is 2.66. The lowest BCUT2D eigenvalue weighted by Gasteiger charge is -2.15. The molecule has 2 rings (SSSR count). The van der Waals surface area contributed by atoms with Crippen LogP contribution in [0.25, 0.3) is 0 Å². The Balaban J connectivity index is 1.67.